The molecular formula is C17H25FN2O. The minimum atomic E-state index is -0.168. The highest BCUT2D eigenvalue weighted by Gasteiger charge is 2.30. The highest BCUT2D eigenvalue weighted by Crippen LogP contribution is 2.30. The minimum absolute atomic E-state index is 0.168. The molecule has 1 fully saturated rings. The second-order valence-electron chi connectivity index (χ2n) is 6.55. The van der Waals surface area contributed by atoms with Crippen LogP contribution in [0, 0.1) is 5.82 Å². The van der Waals surface area contributed by atoms with Crippen molar-refractivity contribution in [3.8, 4) is 5.75 Å². The van der Waals surface area contributed by atoms with Gasteiger partial charge in [0.05, 0.1) is 0 Å². The average Bonchev–Trinajstić information content (AvgIpc) is 3.02. The monoisotopic (exact) mass is 292 g/mol. The first-order valence-electron chi connectivity index (χ1n) is 8.04. The average molecular weight is 292 g/mol. The Kier molecular flexibility index (Phi) is 4.45. The molecule has 116 valence electrons. The van der Waals surface area contributed by atoms with Crippen LogP contribution >= 0.6 is 0 Å². The number of hydrogen-bond acceptors (Lipinski definition) is 3. The van der Waals surface area contributed by atoms with Crippen LogP contribution in [0.3, 0.4) is 0 Å². The SMILES string of the molecule is CC(C)NCC1CCCN1CC1Cc2cc(F)ccc2O1. The maximum absolute atomic E-state index is 13.3. The van der Waals surface area contributed by atoms with Crippen LogP contribution in [-0.2, 0) is 6.42 Å². The summed E-state index contributed by atoms with van der Waals surface area (Å²) in [5.74, 6) is 0.690. The molecule has 2 aliphatic rings. The molecular weight excluding hydrogens is 267 g/mol. The van der Waals surface area contributed by atoms with E-state index in [4.69, 9.17) is 4.74 Å². The van der Waals surface area contributed by atoms with Crippen LogP contribution in [0.4, 0.5) is 4.39 Å². The minimum Gasteiger partial charge on any atom is -0.488 e. The van der Waals surface area contributed by atoms with Gasteiger partial charge in [0.1, 0.15) is 17.7 Å². The first-order chi connectivity index (χ1) is 10.1. The van der Waals surface area contributed by atoms with Gasteiger partial charge in [0.2, 0.25) is 0 Å². The summed E-state index contributed by atoms with van der Waals surface area (Å²) < 4.78 is 19.2. The van der Waals surface area contributed by atoms with Gasteiger partial charge in [-0.2, -0.15) is 0 Å². The predicted octanol–water partition coefficient (Wildman–Crippen LogP) is 2.59. The van der Waals surface area contributed by atoms with Gasteiger partial charge in [-0.1, -0.05) is 13.8 Å². The number of rotatable bonds is 5. The molecule has 0 spiro atoms. The summed E-state index contributed by atoms with van der Waals surface area (Å²) in [5.41, 5.74) is 1.01. The van der Waals surface area contributed by atoms with Gasteiger partial charge in [0.25, 0.3) is 0 Å². The lowest BCUT2D eigenvalue weighted by atomic mass is 10.1. The van der Waals surface area contributed by atoms with E-state index < -0.39 is 0 Å². The zero-order chi connectivity index (χ0) is 14.8. The Hall–Kier alpha value is -1.13. The van der Waals surface area contributed by atoms with E-state index in [1.165, 1.54) is 18.9 Å². The molecule has 0 bridgehead atoms. The van der Waals surface area contributed by atoms with Crippen LogP contribution in [0.15, 0.2) is 18.2 Å². The molecule has 21 heavy (non-hydrogen) atoms. The molecule has 3 nitrogen and oxygen atoms in total. The Balaban J connectivity index is 1.55. The lowest BCUT2D eigenvalue weighted by Crippen LogP contribution is -2.44. The quantitative estimate of drug-likeness (QED) is 0.903. The number of halogens is 1. The molecule has 3 rings (SSSR count). The van der Waals surface area contributed by atoms with Crippen molar-refractivity contribution in [1.82, 2.24) is 10.2 Å². The molecule has 2 heterocycles. The fraction of sp³-hybridized carbons (Fsp3) is 0.647. The molecule has 0 saturated carbocycles. The largest absolute Gasteiger partial charge is 0.488 e. The van der Waals surface area contributed by atoms with Gasteiger partial charge in [-0.15, -0.1) is 0 Å². The molecule has 2 unspecified atom stereocenters. The van der Waals surface area contributed by atoms with Gasteiger partial charge < -0.3 is 10.1 Å². The molecule has 1 N–H and O–H groups in total. The summed E-state index contributed by atoms with van der Waals surface area (Å²) in [6.45, 7) is 7.51. The van der Waals surface area contributed by atoms with E-state index in [1.807, 2.05) is 0 Å². The highest BCUT2D eigenvalue weighted by atomic mass is 19.1. The van der Waals surface area contributed by atoms with Gasteiger partial charge in [-0.3, -0.25) is 4.90 Å². The number of likely N-dealkylation sites (tertiary alicyclic amines) is 1. The molecule has 1 saturated heterocycles. The van der Waals surface area contributed by atoms with Gasteiger partial charge in [-0.25, -0.2) is 4.39 Å². The fourth-order valence-corrected chi connectivity index (χ4v) is 3.39. The van der Waals surface area contributed by atoms with Crippen LogP contribution in [0.5, 0.6) is 5.75 Å². The number of nitrogens with one attached hydrogen (secondary N) is 1. The summed E-state index contributed by atoms with van der Waals surface area (Å²) in [6, 6.07) is 5.98. The second kappa shape index (κ2) is 6.32. The van der Waals surface area contributed by atoms with Crippen LogP contribution in [0.2, 0.25) is 0 Å². The summed E-state index contributed by atoms with van der Waals surface area (Å²) in [4.78, 5) is 2.53. The molecule has 0 radical (unpaired) electrons. The van der Waals surface area contributed by atoms with Crippen molar-refractivity contribution in [1.29, 1.82) is 0 Å². The Morgan fingerprint density at radius 1 is 1.43 bits per heavy atom. The smallest absolute Gasteiger partial charge is 0.123 e. The third-order valence-electron chi connectivity index (χ3n) is 4.46. The summed E-state index contributed by atoms with van der Waals surface area (Å²) >= 11 is 0. The molecule has 2 atom stereocenters. The molecule has 4 heteroatoms. The van der Waals surface area contributed by atoms with E-state index in [2.05, 4.69) is 24.1 Å². The van der Waals surface area contributed by atoms with E-state index in [1.54, 1.807) is 12.1 Å². The third-order valence-corrected chi connectivity index (χ3v) is 4.46. The van der Waals surface area contributed by atoms with Crippen molar-refractivity contribution in [3.63, 3.8) is 0 Å². The van der Waals surface area contributed by atoms with E-state index >= 15 is 0 Å². The first-order valence-corrected chi connectivity index (χ1v) is 8.04. The maximum Gasteiger partial charge on any atom is 0.123 e. The Morgan fingerprint density at radius 3 is 3.10 bits per heavy atom. The van der Waals surface area contributed by atoms with E-state index in [-0.39, 0.29) is 11.9 Å². The molecule has 0 amide bonds. The van der Waals surface area contributed by atoms with E-state index in [0.717, 1.165) is 37.4 Å². The van der Waals surface area contributed by atoms with Crippen LogP contribution < -0.4 is 10.1 Å². The molecule has 1 aromatic carbocycles. The Labute approximate surface area is 126 Å². The van der Waals surface area contributed by atoms with Crippen LogP contribution in [0.1, 0.15) is 32.3 Å². The van der Waals surface area contributed by atoms with Crippen molar-refractivity contribution in [2.75, 3.05) is 19.6 Å². The highest BCUT2D eigenvalue weighted by molar-refractivity contribution is 5.37. The van der Waals surface area contributed by atoms with Crippen molar-refractivity contribution in [2.24, 2.45) is 0 Å². The summed E-state index contributed by atoms with van der Waals surface area (Å²) in [6.07, 6.45) is 3.52. The number of hydrogen-bond donors (Lipinski definition) is 1. The zero-order valence-electron chi connectivity index (χ0n) is 12.9. The molecule has 2 aliphatic heterocycles. The number of ether oxygens (including phenoxy) is 1. The number of nitrogens with zero attached hydrogens (tertiary/aromatic N) is 1. The van der Waals surface area contributed by atoms with Gasteiger partial charge in [0, 0.05) is 37.2 Å². The van der Waals surface area contributed by atoms with Crippen molar-refractivity contribution in [3.05, 3.63) is 29.6 Å². The van der Waals surface area contributed by atoms with Crippen molar-refractivity contribution in [2.45, 2.75) is 51.3 Å². The predicted molar refractivity (Wildman–Crippen MR) is 82.3 cm³/mol. The summed E-state index contributed by atoms with van der Waals surface area (Å²) in [5, 5.41) is 3.53. The van der Waals surface area contributed by atoms with Crippen molar-refractivity contribution < 1.29 is 9.13 Å². The third kappa shape index (κ3) is 3.55. The lowest BCUT2D eigenvalue weighted by molar-refractivity contribution is 0.140. The maximum atomic E-state index is 13.3. The topological polar surface area (TPSA) is 24.5 Å². The molecule has 0 aliphatic carbocycles. The second-order valence-corrected chi connectivity index (χ2v) is 6.55. The van der Waals surface area contributed by atoms with Crippen molar-refractivity contribution >= 4 is 0 Å². The van der Waals surface area contributed by atoms with Gasteiger partial charge in [-0.05, 0) is 37.6 Å². The summed E-state index contributed by atoms with van der Waals surface area (Å²) in [7, 11) is 0. The fourth-order valence-electron chi connectivity index (χ4n) is 3.39. The van der Waals surface area contributed by atoms with E-state index in [0.29, 0.717) is 12.1 Å². The number of benzene rings is 1. The standard InChI is InChI=1S/C17H25FN2O/c1-12(2)19-10-15-4-3-7-20(15)11-16-9-13-8-14(18)5-6-17(13)21-16/h5-6,8,12,15-16,19H,3-4,7,9-11H2,1-2H3. The van der Waals surface area contributed by atoms with Crippen LogP contribution in [0.25, 0.3) is 0 Å². The first kappa shape index (κ1) is 14.8. The Bertz CT molecular complexity index is 492. The van der Waals surface area contributed by atoms with Crippen LogP contribution in [-0.4, -0.2) is 42.7 Å². The molecule has 1 aromatic rings. The number of fused-ring (bicyclic) bond motifs is 1. The van der Waals surface area contributed by atoms with Gasteiger partial charge >= 0.3 is 0 Å². The van der Waals surface area contributed by atoms with Gasteiger partial charge in [0.15, 0.2) is 0 Å². The molecule has 0 aromatic heterocycles. The van der Waals surface area contributed by atoms with E-state index in [9.17, 15) is 4.39 Å². The zero-order valence-corrected chi connectivity index (χ0v) is 12.9. The lowest BCUT2D eigenvalue weighted by Gasteiger charge is -2.27. The normalized spacial score (nSPS) is 25.3. The Morgan fingerprint density at radius 2 is 2.29 bits per heavy atom.